The Morgan fingerprint density at radius 2 is 1.86 bits per heavy atom. The molecule has 0 aliphatic carbocycles. The van der Waals surface area contributed by atoms with Crippen molar-refractivity contribution in [2.75, 3.05) is 6.61 Å². The largest absolute Gasteiger partial charge is 0.492 e. The zero-order chi connectivity index (χ0) is 15.2. The van der Waals surface area contributed by atoms with E-state index in [-0.39, 0.29) is 10.2 Å². The Balaban J connectivity index is 2.01. The maximum atomic E-state index is 5.78. The zero-order valence-corrected chi connectivity index (χ0v) is 14.6. The molecule has 0 saturated heterocycles. The molecule has 0 spiro atoms. The number of hydrogen-bond donors (Lipinski definition) is 0. The van der Waals surface area contributed by atoms with Crippen LogP contribution in [0.4, 0.5) is 0 Å². The van der Waals surface area contributed by atoms with Crippen molar-refractivity contribution in [1.82, 2.24) is 0 Å². The lowest BCUT2D eigenvalue weighted by molar-refractivity contribution is 0.291. The van der Waals surface area contributed by atoms with E-state index in [1.54, 1.807) is 0 Å². The van der Waals surface area contributed by atoms with Gasteiger partial charge < -0.3 is 4.74 Å². The molecule has 0 fully saturated rings. The second-order valence-electron chi connectivity index (χ2n) is 6.65. The van der Waals surface area contributed by atoms with E-state index in [9.17, 15) is 0 Å². The van der Waals surface area contributed by atoms with Gasteiger partial charge >= 0.3 is 0 Å². The molecule has 1 unspecified atom stereocenters. The summed E-state index contributed by atoms with van der Waals surface area (Å²) in [6.45, 7) is 9.56. The molecule has 0 radical (unpaired) electrons. The number of alkyl halides is 1. The molecule has 1 heterocycles. The van der Waals surface area contributed by atoms with E-state index in [0.717, 1.165) is 12.4 Å². The third-order valence-electron chi connectivity index (χ3n) is 4.31. The fourth-order valence-corrected chi connectivity index (χ4v) is 3.78. The lowest BCUT2D eigenvalue weighted by Crippen LogP contribution is -2.18. The van der Waals surface area contributed by atoms with Crippen molar-refractivity contribution in [2.24, 2.45) is 0 Å². The van der Waals surface area contributed by atoms with Crippen molar-refractivity contribution in [3.05, 3.63) is 64.2 Å². The summed E-state index contributed by atoms with van der Waals surface area (Å²) in [6.07, 6.45) is 0. The van der Waals surface area contributed by atoms with Gasteiger partial charge in [-0.05, 0) is 42.7 Å². The fourth-order valence-electron chi connectivity index (χ4n) is 2.99. The van der Waals surface area contributed by atoms with Gasteiger partial charge in [0.15, 0.2) is 0 Å². The van der Waals surface area contributed by atoms with Gasteiger partial charge in [-0.25, -0.2) is 0 Å². The molecule has 2 aromatic carbocycles. The normalized spacial score (nSPS) is 17.2. The number of ether oxygens (including phenoxy) is 1. The lowest BCUT2D eigenvalue weighted by atomic mass is 9.85. The van der Waals surface area contributed by atoms with Crippen molar-refractivity contribution in [3.63, 3.8) is 0 Å². The molecular weight excluding hydrogens is 324 g/mol. The Kier molecular flexibility index (Phi) is 3.61. The molecule has 1 aliphatic heterocycles. The smallest absolute Gasteiger partial charge is 0.123 e. The minimum Gasteiger partial charge on any atom is -0.492 e. The molecule has 1 aliphatic rings. The first kappa shape index (κ1) is 14.6. The van der Waals surface area contributed by atoms with Gasteiger partial charge in [0.25, 0.3) is 0 Å². The second-order valence-corrected chi connectivity index (χ2v) is 7.57. The average molecular weight is 345 g/mol. The summed E-state index contributed by atoms with van der Waals surface area (Å²) in [4.78, 5) is 0.222. The van der Waals surface area contributed by atoms with Crippen LogP contribution in [-0.4, -0.2) is 6.61 Å². The first-order valence-electron chi connectivity index (χ1n) is 7.37. The molecule has 0 aromatic heterocycles. The molecule has 2 heteroatoms. The summed E-state index contributed by atoms with van der Waals surface area (Å²) >= 11 is 3.87. The van der Waals surface area contributed by atoms with Gasteiger partial charge in [0, 0.05) is 11.0 Å². The van der Waals surface area contributed by atoms with Crippen LogP contribution in [0.3, 0.4) is 0 Å². The van der Waals surface area contributed by atoms with Gasteiger partial charge in [-0.15, -0.1) is 0 Å². The Labute approximate surface area is 135 Å². The van der Waals surface area contributed by atoms with Crippen molar-refractivity contribution < 1.29 is 4.74 Å². The molecule has 3 rings (SSSR count). The van der Waals surface area contributed by atoms with Crippen LogP contribution in [0.25, 0.3) is 0 Å². The highest BCUT2D eigenvalue weighted by Crippen LogP contribution is 2.42. The van der Waals surface area contributed by atoms with Gasteiger partial charge in [0.1, 0.15) is 5.75 Å². The molecule has 1 nitrogen and oxygen atoms in total. The van der Waals surface area contributed by atoms with Crippen molar-refractivity contribution in [3.8, 4) is 5.75 Å². The highest BCUT2D eigenvalue weighted by atomic mass is 79.9. The van der Waals surface area contributed by atoms with Gasteiger partial charge in [-0.2, -0.15) is 0 Å². The van der Waals surface area contributed by atoms with Crippen LogP contribution in [0.1, 0.15) is 46.5 Å². The number of halogens is 1. The van der Waals surface area contributed by atoms with E-state index in [1.807, 2.05) is 0 Å². The highest BCUT2D eigenvalue weighted by molar-refractivity contribution is 9.09. The maximum absolute atomic E-state index is 5.78. The predicted molar refractivity (Wildman–Crippen MR) is 91.6 cm³/mol. The Morgan fingerprint density at radius 1 is 1.10 bits per heavy atom. The number of rotatable bonds is 2. The molecule has 0 bridgehead atoms. The molecule has 110 valence electrons. The Bertz CT molecular complexity index is 688. The van der Waals surface area contributed by atoms with E-state index < -0.39 is 0 Å². The van der Waals surface area contributed by atoms with Gasteiger partial charge in [-0.1, -0.05) is 59.6 Å². The van der Waals surface area contributed by atoms with E-state index in [0.29, 0.717) is 0 Å². The second kappa shape index (κ2) is 5.17. The van der Waals surface area contributed by atoms with Gasteiger partial charge in [0.05, 0.1) is 11.4 Å². The van der Waals surface area contributed by atoms with E-state index in [1.165, 1.54) is 27.8 Å². The summed E-state index contributed by atoms with van der Waals surface area (Å²) in [5.74, 6) is 1.03. The molecule has 0 N–H and O–H groups in total. The van der Waals surface area contributed by atoms with Crippen molar-refractivity contribution in [2.45, 2.75) is 37.9 Å². The topological polar surface area (TPSA) is 9.23 Å². The molecule has 21 heavy (non-hydrogen) atoms. The van der Waals surface area contributed by atoms with Crippen molar-refractivity contribution >= 4 is 15.9 Å². The van der Waals surface area contributed by atoms with Gasteiger partial charge in [0.2, 0.25) is 0 Å². The first-order chi connectivity index (χ1) is 9.88. The minimum absolute atomic E-state index is 0.0976. The number of aryl methyl sites for hydroxylation is 2. The van der Waals surface area contributed by atoms with Crippen LogP contribution in [0.15, 0.2) is 36.4 Å². The summed E-state index contributed by atoms with van der Waals surface area (Å²) in [7, 11) is 0. The van der Waals surface area contributed by atoms with E-state index >= 15 is 0 Å². The molecule has 2 aromatic rings. The van der Waals surface area contributed by atoms with Crippen LogP contribution in [0.5, 0.6) is 5.75 Å². The maximum Gasteiger partial charge on any atom is 0.123 e. The molecule has 1 atom stereocenters. The van der Waals surface area contributed by atoms with Crippen LogP contribution in [-0.2, 0) is 5.41 Å². The lowest BCUT2D eigenvalue weighted by Gasteiger charge is -2.19. The van der Waals surface area contributed by atoms with E-state index in [2.05, 4.69) is 80.0 Å². The average Bonchev–Trinajstić information content (AvgIpc) is 2.74. The third-order valence-corrected chi connectivity index (χ3v) is 5.33. The zero-order valence-electron chi connectivity index (χ0n) is 13.0. The SMILES string of the molecule is Cc1ccc(C(Br)c2ccc3c(c2)C(C)(C)CO3)c(C)c1. The first-order valence-corrected chi connectivity index (χ1v) is 8.28. The standard InChI is InChI=1S/C19H21BrO/c1-12-5-7-15(13(2)9-12)18(20)14-6-8-17-16(10-14)19(3,4)11-21-17/h5-10,18H,11H2,1-4H3. The number of benzene rings is 2. The fraction of sp³-hybridized carbons (Fsp3) is 0.368. The third kappa shape index (κ3) is 2.62. The van der Waals surface area contributed by atoms with Crippen LogP contribution >= 0.6 is 15.9 Å². The summed E-state index contributed by atoms with van der Waals surface area (Å²) in [5, 5.41) is 0. The number of fused-ring (bicyclic) bond motifs is 1. The van der Waals surface area contributed by atoms with Gasteiger partial charge in [-0.3, -0.25) is 0 Å². The summed E-state index contributed by atoms with van der Waals surface area (Å²) in [5.41, 5.74) is 6.67. The monoisotopic (exact) mass is 344 g/mol. The number of hydrogen-bond acceptors (Lipinski definition) is 1. The summed E-state index contributed by atoms with van der Waals surface area (Å²) < 4.78 is 5.78. The van der Waals surface area contributed by atoms with Crippen LogP contribution in [0, 0.1) is 13.8 Å². The minimum atomic E-state index is 0.0976. The van der Waals surface area contributed by atoms with Crippen molar-refractivity contribution in [1.29, 1.82) is 0 Å². The molecular formula is C19H21BrO. The highest BCUT2D eigenvalue weighted by Gasteiger charge is 2.32. The van der Waals surface area contributed by atoms with E-state index in [4.69, 9.17) is 4.74 Å². The summed E-state index contributed by atoms with van der Waals surface area (Å²) in [6, 6.07) is 13.2. The predicted octanol–water partition coefficient (Wildman–Crippen LogP) is 5.46. The molecule has 0 amide bonds. The molecule has 0 saturated carbocycles. The Hall–Kier alpha value is -1.28. The van der Waals surface area contributed by atoms with Crippen LogP contribution < -0.4 is 4.74 Å². The Morgan fingerprint density at radius 3 is 2.57 bits per heavy atom. The van der Waals surface area contributed by atoms with Crippen LogP contribution in [0.2, 0.25) is 0 Å². The quantitative estimate of drug-likeness (QED) is 0.657.